The van der Waals surface area contributed by atoms with Crippen molar-refractivity contribution >= 4 is 27.6 Å². The van der Waals surface area contributed by atoms with Gasteiger partial charge in [0.2, 0.25) is 15.9 Å². The molecule has 0 heterocycles. The number of nitrogens with one attached hydrogen (secondary N) is 2. The number of aliphatic carboxylic acids is 1. The molecule has 8 heteroatoms. The van der Waals surface area contributed by atoms with Crippen LogP contribution < -0.4 is 10.0 Å². The number of rotatable bonds is 7. The largest absolute Gasteiger partial charge is 0.481 e. The Kier molecular flexibility index (Phi) is 6.81. The van der Waals surface area contributed by atoms with E-state index in [0.717, 1.165) is 5.56 Å². The second-order valence-electron chi connectivity index (χ2n) is 7.85. The molecule has 0 aliphatic carbocycles. The molecule has 0 saturated carbocycles. The molecule has 0 aliphatic rings. The van der Waals surface area contributed by atoms with Crippen LogP contribution >= 0.6 is 0 Å². The zero-order valence-corrected chi connectivity index (χ0v) is 17.7. The van der Waals surface area contributed by atoms with Crippen LogP contribution in [0, 0.1) is 0 Å². The van der Waals surface area contributed by atoms with Gasteiger partial charge in [0.05, 0.1) is 17.4 Å². The minimum atomic E-state index is -3.96. The molecule has 1 amide bonds. The molecule has 156 valence electrons. The van der Waals surface area contributed by atoms with Crippen LogP contribution in [0.1, 0.15) is 51.3 Å². The fraction of sp³-hybridized carbons (Fsp3) is 0.333. The van der Waals surface area contributed by atoms with Gasteiger partial charge in [0.25, 0.3) is 0 Å². The Bertz CT molecular complexity index is 975. The van der Waals surface area contributed by atoms with E-state index in [1.54, 1.807) is 12.1 Å². The molecule has 3 N–H and O–H groups in total. The van der Waals surface area contributed by atoms with E-state index in [1.165, 1.54) is 31.2 Å². The molecule has 1 unspecified atom stereocenters. The minimum Gasteiger partial charge on any atom is -0.481 e. The summed E-state index contributed by atoms with van der Waals surface area (Å²) in [6.45, 7) is 7.53. The summed E-state index contributed by atoms with van der Waals surface area (Å²) in [4.78, 5) is 22.4. The highest BCUT2D eigenvalue weighted by Crippen LogP contribution is 2.26. The molecule has 0 aromatic heterocycles. The van der Waals surface area contributed by atoms with Gasteiger partial charge in [0.1, 0.15) is 0 Å². The van der Waals surface area contributed by atoms with Gasteiger partial charge in [-0.25, -0.2) is 13.1 Å². The van der Waals surface area contributed by atoms with E-state index < -0.39 is 28.5 Å². The highest BCUT2D eigenvalue weighted by atomic mass is 32.2. The van der Waals surface area contributed by atoms with Gasteiger partial charge < -0.3 is 10.4 Å². The average Bonchev–Trinajstić information content (AvgIpc) is 2.60. The molecule has 0 saturated heterocycles. The van der Waals surface area contributed by atoms with Crippen LogP contribution in [0.5, 0.6) is 0 Å². The van der Waals surface area contributed by atoms with Crippen molar-refractivity contribution in [1.82, 2.24) is 4.72 Å². The number of carbonyl (C=O) groups is 2. The molecule has 0 aliphatic heterocycles. The Morgan fingerprint density at radius 3 is 2.00 bits per heavy atom. The van der Waals surface area contributed by atoms with E-state index in [0.29, 0.717) is 11.3 Å². The average molecular weight is 419 g/mol. The Labute approximate surface area is 171 Å². The Balaban J connectivity index is 2.28. The first-order chi connectivity index (χ1) is 13.4. The Morgan fingerprint density at radius 1 is 1.00 bits per heavy atom. The lowest BCUT2D eigenvalue weighted by atomic mass is 9.86. The molecule has 0 spiro atoms. The third kappa shape index (κ3) is 6.40. The number of anilines is 1. The van der Waals surface area contributed by atoms with Crippen LogP contribution in [-0.4, -0.2) is 25.4 Å². The van der Waals surface area contributed by atoms with Crippen molar-refractivity contribution < 1.29 is 23.1 Å². The van der Waals surface area contributed by atoms with Crippen LogP contribution in [0.4, 0.5) is 5.69 Å². The van der Waals surface area contributed by atoms with Crippen molar-refractivity contribution in [1.29, 1.82) is 0 Å². The number of hydrogen-bond donors (Lipinski definition) is 3. The molecule has 1 atom stereocenters. The van der Waals surface area contributed by atoms with Crippen LogP contribution in [0.3, 0.4) is 0 Å². The number of benzene rings is 2. The van der Waals surface area contributed by atoms with E-state index in [4.69, 9.17) is 0 Å². The summed E-state index contributed by atoms with van der Waals surface area (Å²) < 4.78 is 28.0. The van der Waals surface area contributed by atoms with Crippen molar-refractivity contribution in [3.05, 3.63) is 59.7 Å². The standard InChI is InChI=1S/C21H26N2O5S/c1-14(24)22-17-9-11-18(12-10-17)29(27,28)23-19(13-20(25)26)15-5-7-16(8-6-15)21(2,3)4/h5-12,19,23H,13H2,1-4H3,(H,22,24)(H,25,26). The van der Waals surface area contributed by atoms with Gasteiger partial charge >= 0.3 is 5.97 Å². The molecule has 0 radical (unpaired) electrons. The monoisotopic (exact) mass is 418 g/mol. The van der Waals surface area contributed by atoms with Crippen molar-refractivity contribution in [2.75, 3.05) is 5.32 Å². The topological polar surface area (TPSA) is 113 Å². The number of amides is 1. The number of carboxylic acids is 1. The van der Waals surface area contributed by atoms with E-state index >= 15 is 0 Å². The van der Waals surface area contributed by atoms with Crippen molar-refractivity contribution in [2.45, 2.75) is 50.5 Å². The third-order valence-corrected chi connectivity index (χ3v) is 5.83. The molecule has 2 aromatic rings. The van der Waals surface area contributed by atoms with Crippen LogP contribution in [-0.2, 0) is 25.0 Å². The van der Waals surface area contributed by atoms with Gasteiger partial charge in [0.15, 0.2) is 0 Å². The molecule has 0 bridgehead atoms. The molecule has 2 rings (SSSR count). The Hall–Kier alpha value is -2.71. The highest BCUT2D eigenvalue weighted by Gasteiger charge is 2.24. The summed E-state index contributed by atoms with van der Waals surface area (Å²) >= 11 is 0. The van der Waals surface area contributed by atoms with Gasteiger partial charge in [0, 0.05) is 12.6 Å². The normalized spacial score (nSPS) is 13.0. The van der Waals surface area contributed by atoms with E-state index in [9.17, 15) is 23.1 Å². The van der Waals surface area contributed by atoms with Crippen LogP contribution in [0.2, 0.25) is 0 Å². The van der Waals surface area contributed by atoms with Gasteiger partial charge in [-0.15, -0.1) is 0 Å². The maximum Gasteiger partial charge on any atom is 0.305 e. The summed E-state index contributed by atoms with van der Waals surface area (Å²) in [6, 6.07) is 12.0. The third-order valence-electron chi connectivity index (χ3n) is 4.34. The fourth-order valence-electron chi connectivity index (χ4n) is 2.79. The summed E-state index contributed by atoms with van der Waals surface area (Å²) in [5, 5.41) is 11.8. The van der Waals surface area contributed by atoms with Crippen LogP contribution in [0.15, 0.2) is 53.4 Å². The van der Waals surface area contributed by atoms with Crippen molar-refractivity contribution in [2.24, 2.45) is 0 Å². The molecule has 29 heavy (non-hydrogen) atoms. The molecule has 7 nitrogen and oxygen atoms in total. The number of sulfonamides is 1. The molecular weight excluding hydrogens is 392 g/mol. The molecule has 0 fully saturated rings. The maximum absolute atomic E-state index is 12.8. The fourth-order valence-corrected chi connectivity index (χ4v) is 4.02. The lowest BCUT2D eigenvalue weighted by molar-refractivity contribution is -0.137. The summed E-state index contributed by atoms with van der Waals surface area (Å²) in [7, 11) is -3.96. The number of hydrogen-bond acceptors (Lipinski definition) is 4. The quantitative estimate of drug-likeness (QED) is 0.638. The zero-order chi connectivity index (χ0) is 21.8. The summed E-state index contributed by atoms with van der Waals surface area (Å²) in [5.74, 6) is -1.38. The van der Waals surface area contributed by atoms with Gasteiger partial charge in [-0.3, -0.25) is 9.59 Å². The maximum atomic E-state index is 12.8. The first kappa shape index (κ1) is 22.6. The van der Waals surface area contributed by atoms with Gasteiger partial charge in [-0.05, 0) is 40.8 Å². The second kappa shape index (κ2) is 8.75. The van der Waals surface area contributed by atoms with Crippen LogP contribution in [0.25, 0.3) is 0 Å². The second-order valence-corrected chi connectivity index (χ2v) is 9.56. The summed E-state index contributed by atoms with van der Waals surface area (Å²) in [5.41, 5.74) is 2.03. The lowest BCUT2D eigenvalue weighted by Crippen LogP contribution is -2.30. The summed E-state index contributed by atoms with van der Waals surface area (Å²) in [6.07, 6.45) is -0.391. The molecular formula is C21H26N2O5S. The number of carboxylic acid groups (broad SMARTS) is 1. The van der Waals surface area contributed by atoms with E-state index in [-0.39, 0.29) is 16.2 Å². The predicted octanol–water partition coefficient (Wildman–Crippen LogP) is 3.44. The predicted molar refractivity (Wildman–Crippen MR) is 111 cm³/mol. The minimum absolute atomic E-state index is 0.0201. The van der Waals surface area contributed by atoms with Crippen molar-refractivity contribution in [3.8, 4) is 0 Å². The van der Waals surface area contributed by atoms with Gasteiger partial charge in [-0.1, -0.05) is 45.0 Å². The zero-order valence-electron chi connectivity index (χ0n) is 16.9. The first-order valence-electron chi connectivity index (χ1n) is 9.11. The van der Waals surface area contributed by atoms with E-state index in [2.05, 4.69) is 30.8 Å². The lowest BCUT2D eigenvalue weighted by Gasteiger charge is -2.22. The SMILES string of the molecule is CC(=O)Nc1ccc(S(=O)(=O)NC(CC(=O)O)c2ccc(C(C)(C)C)cc2)cc1. The van der Waals surface area contributed by atoms with Crippen molar-refractivity contribution in [3.63, 3.8) is 0 Å². The molecule has 2 aromatic carbocycles. The first-order valence-corrected chi connectivity index (χ1v) is 10.6. The Morgan fingerprint density at radius 2 is 1.55 bits per heavy atom. The smallest absolute Gasteiger partial charge is 0.305 e. The van der Waals surface area contributed by atoms with E-state index in [1.807, 2.05) is 12.1 Å². The highest BCUT2D eigenvalue weighted by molar-refractivity contribution is 7.89. The van der Waals surface area contributed by atoms with Gasteiger partial charge in [-0.2, -0.15) is 0 Å². The number of carbonyl (C=O) groups excluding carboxylic acids is 1.